The van der Waals surface area contributed by atoms with Gasteiger partial charge in [0, 0.05) is 12.3 Å². The zero-order valence-corrected chi connectivity index (χ0v) is 13.7. The predicted octanol–water partition coefficient (Wildman–Crippen LogP) is 2.15. The Morgan fingerprint density at radius 2 is 1.70 bits per heavy atom. The smallest absolute Gasteiger partial charge is 0.325 e. The highest BCUT2D eigenvalue weighted by molar-refractivity contribution is 6.09. The van der Waals surface area contributed by atoms with Gasteiger partial charge in [0.15, 0.2) is 5.92 Å². The number of hydrogen-bond acceptors (Lipinski definition) is 7. The molecule has 0 saturated heterocycles. The number of rotatable bonds is 8. The van der Waals surface area contributed by atoms with Crippen LogP contribution in [0.4, 0.5) is 5.69 Å². The zero-order chi connectivity index (χ0) is 17.2. The fraction of sp³-hybridized carbons (Fsp3) is 0.438. The average Bonchev–Trinajstić information content (AvgIpc) is 2.55. The molecule has 0 N–H and O–H groups in total. The quantitative estimate of drug-likeness (QED) is 0.414. The van der Waals surface area contributed by atoms with E-state index in [1.165, 1.54) is 20.4 Å². The monoisotopic (exact) mass is 323 g/mol. The first-order chi connectivity index (χ1) is 11.1. The Bertz CT molecular complexity index is 552. The van der Waals surface area contributed by atoms with E-state index in [2.05, 4.69) is 4.99 Å². The number of methoxy groups -OCH3 is 2. The van der Waals surface area contributed by atoms with Gasteiger partial charge < -0.3 is 18.9 Å². The Hall–Kier alpha value is -2.57. The number of esters is 2. The molecular weight excluding hydrogens is 302 g/mol. The average molecular weight is 323 g/mol. The fourth-order valence-electron chi connectivity index (χ4n) is 1.73. The van der Waals surface area contributed by atoms with Crippen LogP contribution in [0.3, 0.4) is 0 Å². The maximum atomic E-state index is 11.9. The topological polar surface area (TPSA) is 83.4 Å². The third-order valence-corrected chi connectivity index (χ3v) is 2.83. The van der Waals surface area contributed by atoms with E-state index in [4.69, 9.17) is 18.9 Å². The van der Waals surface area contributed by atoms with Crippen LogP contribution in [0, 0.1) is 5.92 Å². The van der Waals surface area contributed by atoms with E-state index in [1.54, 1.807) is 32.0 Å². The summed E-state index contributed by atoms with van der Waals surface area (Å²) >= 11 is 0. The van der Waals surface area contributed by atoms with Gasteiger partial charge in [-0.05, 0) is 26.0 Å². The molecule has 7 nitrogen and oxygen atoms in total. The molecule has 0 fully saturated rings. The third-order valence-electron chi connectivity index (χ3n) is 2.83. The summed E-state index contributed by atoms with van der Waals surface area (Å²) < 4.78 is 20.1. The normalized spacial score (nSPS) is 10.7. The Morgan fingerprint density at radius 3 is 2.17 bits per heavy atom. The van der Waals surface area contributed by atoms with Gasteiger partial charge in [0.05, 0.1) is 27.4 Å². The highest BCUT2D eigenvalue weighted by atomic mass is 16.6. The molecule has 0 spiro atoms. The van der Waals surface area contributed by atoms with Crippen molar-refractivity contribution in [2.75, 3.05) is 27.4 Å². The molecule has 0 radical (unpaired) electrons. The van der Waals surface area contributed by atoms with E-state index in [0.717, 1.165) is 0 Å². The Labute approximate surface area is 135 Å². The molecule has 1 aromatic carbocycles. The fourth-order valence-corrected chi connectivity index (χ4v) is 1.73. The van der Waals surface area contributed by atoms with Crippen LogP contribution in [0.1, 0.15) is 13.8 Å². The SMILES string of the molecule is CCOC(=O)C(C=Nc1cc(OC)ccc1OC)C(=O)OCC. The van der Waals surface area contributed by atoms with Crippen LogP contribution in [0.15, 0.2) is 23.2 Å². The molecule has 0 aliphatic rings. The summed E-state index contributed by atoms with van der Waals surface area (Å²) in [6.45, 7) is 3.63. The van der Waals surface area contributed by atoms with Crippen molar-refractivity contribution in [2.24, 2.45) is 10.9 Å². The largest absolute Gasteiger partial charge is 0.497 e. The molecule has 0 bridgehead atoms. The highest BCUT2D eigenvalue weighted by Crippen LogP contribution is 2.31. The van der Waals surface area contributed by atoms with Crippen LogP contribution in [-0.2, 0) is 19.1 Å². The van der Waals surface area contributed by atoms with Gasteiger partial charge in [0.1, 0.15) is 17.2 Å². The molecule has 23 heavy (non-hydrogen) atoms. The molecule has 0 aromatic heterocycles. The highest BCUT2D eigenvalue weighted by Gasteiger charge is 2.27. The number of benzene rings is 1. The standard InChI is InChI=1S/C16H21NO6/c1-5-22-15(18)12(16(19)23-6-2)10-17-13-9-11(20-3)7-8-14(13)21-4/h7-10,12H,5-6H2,1-4H3. The van der Waals surface area contributed by atoms with E-state index in [-0.39, 0.29) is 13.2 Å². The lowest BCUT2D eigenvalue weighted by atomic mass is 10.1. The molecule has 0 saturated carbocycles. The van der Waals surface area contributed by atoms with Gasteiger partial charge in [0.2, 0.25) is 0 Å². The molecule has 0 unspecified atom stereocenters. The van der Waals surface area contributed by atoms with Crippen LogP contribution in [0.5, 0.6) is 11.5 Å². The number of carbonyl (C=O) groups is 2. The first-order valence-corrected chi connectivity index (χ1v) is 7.16. The van der Waals surface area contributed by atoms with E-state index in [0.29, 0.717) is 17.2 Å². The second-order valence-electron chi connectivity index (χ2n) is 4.30. The molecule has 0 aliphatic carbocycles. The van der Waals surface area contributed by atoms with Crippen molar-refractivity contribution >= 4 is 23.8 Å². The summed E-state index contributed by atoms with van der Waals surface area (Å²) in [5, 5.41) is 0. The van der Waals surface area contributed by atoms with E-state index in [9.17, 15) is 9.59 Å². The van der Waals surface area contributed by atoms with Gasteiger partial charge in [-0.25, -0.2) is 0 Å². The summed E-state index contributed by atoms with van der Waals surface area (Å²) in [6, 6.07) is 5.02. The van der Waals surface area contributed by atoms with Gasteiger partial charge >= 0.3 is 11.9 Å². The first-order valence-electron chi connectivity index (χ1n) is 7.16. The molecule has 0 atom stereocenters. The summed E-state index contributed by atoms with van der Waals surface area (Å²) in [7, 11) is 3.02. The van der Waals surface area contributed by atoms with Crippen molar-refractivity contribution in [3.8, 4) is 11.5 Å². The summed E-state index contributed by atoms with van der Waals surface area (Å²) in [5.74, 6) is -1.60. The number of aliphatic imine (C=N–C) groups is 1. The number of nitrogens with zero attached hydrogens (tertiary/aromatic N) is 1. The second kappa shape index (κ2) is 9.45. The van der Waals surface area contributed by atoms with Crippen molar-refractivity contribution in [2.45, 2.75) is 13.8 Å². The molecule has 7 heteroatoms. The van der Waals surface area contributed by atoms with Gasteiger partial charge in [0.25, 0.3) is 0 Å². The van der Waals surface area contributed by atoms with Gasteiger partial charge in [-0.3, -0.25) is 14.6 Å². The van der Waals surface area contributed by atoms with Crippen molar-refractivity contribution in [3.05, 3.63) is 18.2 Å². The second-order valence-corrected chi connectivity index (χ2v) is 4.30. The number of ether oxygens (including phenoxy) is 4. The summed E-state index contributed by atoms with van der Waals surface area (Å²) in [6.07, 6.45) is 1.19. The Morgan fingerprint density at radius 1 is 1.09 bits per heavy atom. The Kier molecular flexibility index (Phi) is 7.59. The maximum absolute atomic E-state index is 11.9. The van der Waals surface area contributed by atoms with Crippen molar-refractivity contribution in [1.29, 1.82) is 0 Å². The van der Waals surface area contributed by atoms with Crippen LogP contribution < -0.4 is 9.47 Å². The molecule has 1 rings (SSSR count). The van der Waals surface area contributed by atoms with E-state index < -0.39 is 17.9 Å². The van der Waals surface area contributed by atoms with Crippen LogP contribution in [0.25, 0.3) is 0 Å². The van der Waals surface area contributed by atoms with Crippen LogP contribution in [-0.4, -0.2) is 45.6 Å². The summed E-state index contributed by atoms with van der Waals surface area (Å²) in [4.78, 5) is 27.9. The molecule has 0 aliphatic heterocycles. The van der Waals surface area contributed by atoms with Crippen molar-refractivity contribution in [3.63, 3.8) is 0 Å². The zero-order valence-electron chi connectivity index (χ0n) is 13.7. The number of hydrogen-bond donors (Lipinski definition) is 0. The first kappa shape index (κ1) is 18.5. The molecule has 0 amide bonds. The van der Waals surface area contributed by atoms with E-state index >= 15 is 0 Å². The van der Waals surface area contributed by atoms with Crippen molar-refractivity contribution in [1.82, 2.24) is 0 Å². The Balaban J connectivity index is 3.08. The third kappa shape index (κ3) is 5.28. The van der Waals surface area contributed by atoms with Crippen LogP contribution in [0.2, 0.25) is 0 Å². The molecule has 126 valence electrons. The van der Waals surface area contributed by atoms with Gasteiger partial charge in [-0.2, -0.15) is 0 Å². The molecule has 1 aromatic rings. The molecule has 0 heterocycles. The van der Waals surface area contributed by atoms with E-state index in [1.807, 2.05) is 0 Å². The minimum atomic E-state index is -1.23. The maximum Gasteiger partial charge on any atom is 0.325 e. The lowest BCUT2D eigenvalue weighted by molar-refractivity contribution is -0.157. The lowest BCUT2D eigenvalue weighted by Crippen LogP contribution is -2.29. The van der Waals surface area contributed by atoms with Gasteiger partial charge in [-0.15, -0.1) is 0 Å². The minimum Gasteiger partial charge on any atom is -0.497 e. The molecular formula is C16H21NO6. The van der Waals surface area contributed by atoms with Crippen molar-refractivity contribution < 1.29 is 28.5 Å². The van der Waals surface area contributed by atoms with Crippen LogP contribution >= 0.6 is 0 Å². The number of carbonyl (C=O) groups excluding carboxylic acids is 2. The lowest BCUT2D eigenvalue weighted by Gasteiger charge is -2.11. The predicted molar refractivity (Wildman–Crippen MR) is 84.5 cm³/mol. The summed E-state index contributed by atoms with van der Waals surface area (Å²) in [5.41, 5.74) is 0.422. The van der Waals surface area contributed by atoms with Gasteiger partial charge in [-0.1, -0.05) is 0 Å². The minimum absolute atomic E-state index is 0.158.